The number of amides is 1. The highest BCUT2D eigenvalue weighted by atomic mass is 35.5. The van der Waals surface area contributed by atoms with Gasteiger partial charge >= 0.3 is 0 Å². The highest BCUT2D eigenvalue weighted by Crippen LogP contribution is 2.29. The van der Waals surface area contributed by atoms with E-state index < -0.39 is 0 Å². The summed E-state index contributed by atoms with van der Waals surface area (Å²) in [6.45, 7) is 1.40. The van der Waals surface area contributed by atoms with E-state index in [9.17, 15) is 9.90 Å². The molecule has 0 spiro atoms. The van der Waals surface area contributed by atoms with Gasteiger partial charge in [-0.25, -0.2) is 5.43 Å². The number of carbonyl (C=O) groups is 1. The van der Waals surface area contributed by atoms with Crippen LogP contribution in [0.4, 0.5) is 0 Å². The molecule has 0 atom stereocenters. The quantitative estimate of drug-likeness (QED) is 0.387. The van der Waals surface area contributed by atoms with Crippen LogP contribution in [0.25, 0.3) is 0 Å². The summed E-state index contributed by atoms with van der Waals surface area (Å²) >= 11 is 11.8. The summed E-state index contributed by atoms with van der Waals surface area (Å²) in [6, 6.07) is 22.9. The number of nitrogens with zero attached hydrogens (tertiary/aromatic N) is 2. The normalized spacial score (nSPS) is 11.2. The topological polar surface area (TPSA) is 64.9 Å². The van der Waals surface area contributed by atoms with Crippen molar-refractivity contribution in [1.29, 1.82) is 0 Å². The molecule has 3 aromatic rings. The molecule has 0 saturated carbocycles. The number of halogens is 2. The fourth-order valence-electron chi connectivity index (χ4n) is 2.95. The molecule has 7 heteroatoms. The van der Waals surface area contributed by atoms with Crippen LogP contribution in [-0.2, 0) is 17.9 Å². The van der Waals surface area contributed by atoms with Gasteiger partial charge in [0.2, 0.25) is 0 Å². The highest BCUT2D eigenvalue weighted by Gasteiger charge is 2.12. The van der Waals surface area contributed by atoms with Crippen LogP contribution >= 0.6 is 23.2 Å². The van der Waals surface area contributed by atoms with Crippen molar-refractivity contribution < 1.29 is 9.90 Å². The van der Waals surface area contributed by atoms with Crippen molar-refractivity contribution in [3.63, 3.8) is 0 Å². The number of hydrazone groups is 1. The lowest BCUT2D eigenvalue weighted by atomic mass is 10.1. The molecule has 0 bridgehead atoms. The van der Waals surface area contributed by atoms with Gasteiger partial charge in [0.05, 0.1) is 17.8 Å². The number of phenols is 1. The Morgan fingerprint density at radius 1 is 0.967 bits per heavy atom. The second-order valence-electron chi connectivity index (χ2n) is 6.73. The van der Waals surface area contributed by atoms with Crippen molar-refractivity contribution in [3.8, 4) is 5.75 Å². The zero-order valence-corrected chi connectivity index (χ0v) is 17.6. The van der Waals surface area contributed by atoms with Gasteiger partial charge in [-0.15, -0.1) is 0 Å². The van der Waals surface area contributed by atoms with E-state index in [0.29, 0.717) is 23.7 Å². The van der Waals surface area contributed by atoms with E-state index in [2.05, 4.69) is 10.5 Å². The summed E-state index contributed by atoms with van der Waals surface area (Å²) in [5.74, 6) is -0.417. The first kappa shape index (κ1) is 21.8. The van der Waals surface area contributed by atoms with E-state index in [4.69, 9.17) is 23.2 Å². The third-order valence-electron chi connectivity index (χ3n) is 4.32. The lowest BCUT2D eigenvalue weighted by Gasteiger charge is -2.21. The van der Waals surface area contributed by atoms with Gasteiger partial charge in [0.15, 0.2) is 0 Å². The van der Waals surface area contributed by atoms with Gasteiger partial charge in [0.1, 0.15) is 5.75 Å². The predicted molar refractivity (Wildman–Crippen MR) is 121 cm³/mol. The van der Waals surface area contributed by atoms with E-state index in [-0.39, 0.29) is 23.2 Å². The first-order chi connectivity index (χ1) is 14.5. The average molecular weight is 442 g/mol. The Kier molecular flexibility index (Phi) is 7.85. The summed E-state index contributed by atoms with van der Waals surface area (Å²) in [5.41, 5.74) is 5.04. The monoisotopic (exact) mass is 441 g/mol. The minimum absolute atomic E-state index is 0.118. The maximum atomic E-state index is 12.5. The molecule has 154 valence electrons. The second-order valence-corrected chi connectivity index (χ2v) is 7.58. The number of hydrogen-bond donors (Lipinski definition) is 2. The predicted octanol–water partition coefficient (Wildman–Crippen LogP) is 4.85. The van der Waals surface area contributed by atoms with Crippen LogP contribution in [0.1, 0.15) is 16.7 Å². The van der Waals surface area contributed by atoms with E-state index in [1.807, 2.05) is 65.6 Å². The standard InChI is InChI=1S/C23H21Cl2N3O2/c24-20-11-19(23(30)21(25)12-20)13-26-27-22(29)16-28(14-17-7-3-1-4-8-17)15-18-9-5-2-6-10-18/h1-13,30H,14-16H2,(H,27,29)/b26-13+. The van der Waals surface area contributed by atoms with E-state index in [1.165, 1.54) is 18.3 Å². The van der Waals surface area contributed by atoms with Crippen molar-refractivity contribution in [3.05, 3.63) is 99.5 Å². The minimum Gasteiger partial charge on any atom is -0.506 e. The molecule has 0 radical (unpaired) electrons. The zero-order chi connectivity index (χ0) is 21.3. The van der Waals surface area contributed by atoms with E-state index >= 15 is 0 Å². The molecule has 0 heterocycles. The number of nitrogens with one attached hydrogen (secondary N) is 1. The summed E-state index contributed by atoms with van der Waals surface area (Å²) in [5, 5.41) is 14.4. The number of phenolic OH excluding ortho intramolecular Hbond substituents is 1. The van der Waals surface area contributed by atoms with Crippen molar-refractivity contribution >= 4 is 35.3 Å². The molecule has 3 aromatic carbocycles. The van der Waals surface area contributed by atoms with E-state index in [0.717, 1.165) is 11.1 Å². The maximum absolute atomic E-state index is 12.5. The van der Waals surface area contributed by atoms with Gasteiger partial charge in [-0.1, -0.05) is 83.9 Å². The Balaban J connectivity index is 1.65. The minimum atomic E-state index is -0.272. The molecule has 3 rings (SSSR count). The maximum Gasteiger partial charge on any atom is 0.254 e. The Hall–Kier alpha value is -2.86. The SMILES string of the molecule is O=C(CN(Cc1ccccc1)Cc1ccccc1)N/N=C/c1cc(Cl)cc(Cl)c1O. The number of rotatable bonds is 8. The van der Waals surface area contributed by atoms with Gasteiger partial charge in [-0.3, -0.25) is 9.69 Å². The fourth-order valence-corrected chi connectivity index (χ4v) is 3.46. The Morgan fingerprint density at radius 2 is 1.53 bits per heavy atom. The molecule has 1 amide bonds. The summed E-state index contributed by atoms with van der Waals surface area (Å²) in [4.78, 5) is 14.5. The molecule has 0 aliphatic carbocycles. The van der Waals surface area contributed by atoms with Crippen molar-refractivity contribution in [1.82, 2.24) is 10.3 Å². The van der Waals surface area contributed by atoms with Crippen molar-refractivity contribution in [2.24, 2.45) is 5.10 Å². The van der Waals surface area contributed by atoms with Crippen LogP contribution in [0.3, 0.4) is 0 Å². The molecule has 5 nitrogen and oxygen atoms in total. The lowest BCUT2D eigenvalue weighted by Crippen LogP contribution is -2.34. The van der Waals surface area contributed by atoms with Crippen LogP contribution in [-0.4, -0.2) is 28.7 Å². The summed E-state index contributed by atoms with van der Waals surface area (Å²) in [7, 11) is 0. The molecule has 0 unspecified atom stereocenters. The number of aromatic hydroxyl groups is 1. The van der Waals surface area contributed by atoms with Gasteiger partial charge < -0.3 is 5.11 Å². The van der Waals surface area contributed by atoms with Crippen LogP contribution in [0.15, 0.2) is 77.9 Å². The Bertz CT molecular complexity index is 970. The van der Waals surface area contributed by atoms with Crippen LogP contribution in [0, 0.1) is 0 Å². The van der Waals surface area contributed by atoms with Crippen LogP contribution in [0.5, 0.6) is 5.75 Å². The Labute approximate surface area is 185 Å². The molecule has 0 saturated heterocycles. The van der Waals surface area contributed by atoms with Gasteiger partial charge in [-0.05, 0) is 23.3 Å². The van der Waals surface area contributed by atoms with Gasteiger partial charge in [0, 0.05) is 23.7 Å². The molecule has 30 heavy (non-hydrogen) atoms. The van der Waals surface area contributed by atoms with E-state index in [1.54, 1.807) is 0 Å². The Morgan fingerprint density at radius 3 is 2.10 bits per heavy atom. The van der Waals surface area contributed by atoms with Gasteiger partial charge in [-0.2, -0.15) is 5.10 Å². The fraction of sp³-hybridized carbons (Fsp3) is 0.130. The van der Waals surface area contributed by atoms with Crippen LogP contribution < -0.4 is 5.43 Å². The molecule has 0 fully saturated rings. The van der Waals surface area contributed by atoms with Gasteiger partial charge in [0.25, 0.3) is 5.91 Å². The third kappa shape index (κ3) is 6.59. The lowest BCUT2D eigenvalue weighted by molar-refractivity contribution is -0.122. The molecular weight excluding hydrogens is 421 g/mol. The largest absolute Gasteiger partial charge is 0.506 e. The third-order valence-corrected chi connectivity index (χ3v) is 4.82. The van der Waals surface area contributed by atoms with Crippen LogP contribution in [0.2, 0.25) is 10.0 Å². The molecule has 2 N–H and O–H groups in total. The number of carbonyl (C=O) groups excluding carboxylic acids is 1. The first-order valence-corrected chi connectivity index (χ1v) is 10.1. The first-order valence-electron chi connectivity index (χ1n) is 9.31. The highest BCUT2D eigenvalue weighted by molar-refractivity contribution is 6.36. The second kappa shape index (κ2) is 10.8. The number of hydrogen-bond acceptors (Lipinski definition) is 4. The smallest absolute Gasteiger partial charge is 0.254 e. The summed E-state index contributed by atoms with van der Waals surface area (Å²) < 4.78 is 0. The molecule has 0 aliphatic heterocycles. The average Bonchev–Trinajstić information content (AvgIpc) is 2.73. The molecule has 0 aliphatic rings. The molecule has 0 aromatic heterocycles. The molecular formula is C23H21Cl2N3O2. The summed E-state index contributed by atoms with van der Waals surface area (Å²) in [6.07, 6.45) is 1.31. The van der Waals surface area contributed by atoms with Crippen molar-refractivity contribution in [2.45, 2.75) is 13.1 Å². The zero-order valence-electron chi connectivity index (χ0n) is 16.1. The van der Waals surface area contributed by atoms with Crippen molar-refractivity contribution in [2.75, 3.05) is 6.54 Å². The number of benzene rings is 3.